The van der Waals surface area contributed by atoms with Crippen LogP contribution in [0.1, 0.15) is 0 Å². The summed E-state index contributed by atoms with van der Waals surface area (Å²) in [5.74, 6) is -1.14. The van der Waals surface area contributed by atoms with Crippen molar-refractivity contribution in [2.45, 2.75) is 6.10 Å². The van der Waals surface area contributed by atoms with E-state index in [1.165, 1.54) is 25.2 Å². The van der Waals surface area contributed by atoms with Crippen LogP contribution >= 0.6 is 0 Å². The summed E-state index contributed by atoms with van der Waals surface area (Å²) in [6.07, 6.45) is -1.30. The first-order valence-electron chi connectivity index (χ1n) is 4.48. The first-order valence-corrected chi connectivity index (χ1v) is 4.48. The molecule has 1 atom stereocenters. The summed E-state index contributed by atoms with van der Waals surface area (Å²) in [4.78, 5) is 12.5. The van der Waals surface area contributed by atoms with Gasteiger partial charge in [0.2, 0.25) is 0 Å². The number of benzene rings is 1. The van der Waals surface area contributed by atoms with Crippen molar-refractivity contribution in [2.24, 2.45) is 5.73 Å². The lowest BCUT2D eigenvalue weighted by Gasteiger charge is -2.20. The molecule has 4 nitrogen and oxygen atoms in total. The number of nitrogens with two attached hydrogens (primary N) is 1. The Balaban J connectivity index is 2.90. The molecule has 1 rings (SSSR count). The summed E-state index contributed by atoms with van der Waals surface area (Å²) < 4.78 is 13.3. The number of anilines is 1. The fourth-order valence-corrected chi connectivity index (χ4v) is 1.17. The maximum absolute atomic E-state index is 13.3. The lowest BCUT2D eigenvalue weighted by Crippen LogP contribution is -2.40. The number of carbonyl (C=O) groups excluding carboxylic acids is 1. The van der Waals surface area contributed by atoms with Gasteiger partial charge in [-0.25, -0.2) is 4.39 Å². The van der Waals surface area contributed by atoms with Crippen molar-refractivity contribution in [1.29, 1.82) is 0 Å². The van der Waals surface area contributed by atoms with Gasteiger partial charge >= 0.3 is 0 Å². The second-order valence-corrected chi connectivity index (χ2v) is 3.10. The molecule has 1 unspecified atom stereocenters. The predicted molar refractivity (Wildman–Crippen MR) is 54.9 cm³/mol. The number of aliphatic hydroxyl groups is 1. The van der Waals surface area contributed by atoms with Crippen molar-refractivity contribution >= 4 is 11.6 Å². The van der Waals surface area contributed by atoms with Crippen LogP contribution in [0, 0.1) is 5.82 Å². The van der Waals surface area contributed by atoms with Crippen molar-refractivity contribution in [1.82, 2.24) is 0 Å². The minimum Gasteiger partial charge on any atom is -0.382 e. The van der Waals surface area contributed by atoms with Gasteiger partial charge in [0.25, 0.3) is 5.91 Å². The number of carbonyl (C=O) groups is 1. The third kappa shape index (κ3) is 2.51. The summed E-state index contributed by atoms with van der Waals surface area (Å²) in [6.45, 7) is -0.183. The number of aliphatic hydroxyl groups excluding tert-OH is 1. The molecular formula is C10H13FN2O2. The lowest BCUT2D eigenvalue weighted by atomic mass is 10.2. The van der Waals surface area contributed by atoms with Gasteiger partial charge in [0.1, 0.15) is 11.9 Å². The number of nitrogens with zero attached hydrogens (tertiary/aromatic N) is 1. The number of amides is 1. The molecule has 82 valence electrons. The van der Waals surface area contributed by atoms with Gasteiger partial charge in [0.15, 0.2) is 0 Å². The summed E-state index contributed by atoms with van der Waals surface area (Å²) in [6, 6.07) is 5.83. The zero-order chi connectivity index (χ0) is 11.4. The number of likely N-dealkylation sites (N-methyl/N-ethyl adjacent to an activating group) is 1. The van der Waals surface area contributed by atoms with E-state index in [0.29, 0.717) is 0 Å². The second kappa shape index (κ2) is 4.86. The molecule has 0 saturated carbocycles. The zero-order valence-corrected chi connectivity index (χ0v) is 8.35. The highest BCUT2D eigenvalue weighted by Gasteiger charge is 2.20. The fraction of sp³-hybridized carbons (Fsp3) is 0.300. The first-order chi connectivity index (χ1) is 7.07. The number of rotatable bonds is 3. The van der Waals surface area contributed by atoms with E-state index in [-0.39, 0.29) is 12.2 Å². The van der Waals surface area contributed by atoms with E-state index in [9.17, 15) is 14.3 Å². The quantitative estimate of drug-likeness (QED) is 0.747. The molecule has 3 N–H and O–H groups in total. The van der Waals surface area contributed by atoms with Crippen LogP contribution in [0.2, 0.25) is 0 Å². The highest BCUT2D eigenvalue weighted by molar-refractivity contribution is 5.96. The third-order valence-electron chi connectivity index (χ3n) is 2.05. The van der Waals surface area contributed by atoms with E-state index in [1.807, 2.05) is 0 Å². The van der Waals surface area contributed by atoms with Crippen molar-refractivity contribution in [3.8, 4) is 0 Å². The molecule has 1 amide bonds. The van der Waals surface area contributed by atoms with Crippen LogP contribution in [0.5, 0.6) is 0 Å². The van der Waals surface area contributed by atoms with Gasteiger partial charge < -0.3 is 15.7 Å². The molecule has 0 bridgehead atoms. The van der Waals surface area contributed by atoms with Gasteiger partial charge in [-0.2, -0.15) is 0 Å². The number of hydrogen-bond donors (Lipinski definition) is 2. The molecular weight excluding hydrogens is 199 g/mol. The number of hydrogen-bond acceptors (Lipinski definition) is 3. The Hall–Kier alpha value is -1.46. The van der Waals surface area contributed by atoms with Crippen molar-refractivity contribution in [3.63, 3.8) is 0 Å². The molecule has 5 heteroatoms. The van der Waals surface area contributed by atoms with Crippen molar-refractivity contribution < 1.29 is 14.3 Å². The van der Waals surface area contributed by atoms with E-state index in [0.717, 1.165) is 4.90 Å². The summed E-state index contributed by atoms with van der Waals surface area (Å²) in [7, 11) is 1.39. The second-order valence-electron chi connectivity index (χ2n) is 3.10. The van der Waals surface area contributed by atoms with Crippen LogP contribution in [0.4, 0.5) is 10.1 Å². The van der Waals surface area contributed by atoms with Crippen LogP contribution in [0.3, 0.4) is 0 Å². The molecule has 0 radical (unpaired) electrons. The summed E-state index contributed by atoms with van der Waals surface area (Å²) in [5.41, 5.74) is 5.26. The SMILES string of the molecule is CN(C(=O)C(O)CN)c1ccccc1F. The lowest BCUT2D eigenvalue weighted by molar-refractivity contribution is -0.125. The van der Waals surface area contributed by atoms with Gasteiger partial charge in [-0.05, 0) is 12.1 Å². The smallest absolute Gasteiger partial charge is 0.256 e. The van der Waals surface area contributed by atoms with Gasteiger partial charge in [0.05, 0.1) is 5.69 Å². The van der Waals surface area contributed by atoms with Crippen molar-refractivity contribution in [2.75, 3.05) is 18.5 Å². The molecule has 0 aliphatic heterocycles. The Bertz CT molecular complexity index is 357. The molecule has 0 heterocycles. The molecule has 0 spiro atoms. The Labute approximate surface area is 87.1 Å². The standard InChI is InChI=1S/C10H13FN2O2/c1-13(10(15)9(14)6-12)8-5-3-2-4-7(8)11/h2-5,9,14H,6,12H2,1H3. The monoisotopic (exact) mass is 212 g/mol. The molecule has 0 fully saturated rings. The molecule has 1 aromatic carbocycles. The van der Waals surface area contributed by atoms with E-state index in [1.54, 1.807) is 6.07 Å². The summed E-state index contributed by atoms with van der Waals surface area (Å²) >= 11 is 0. The average molecular weight is 212 g/mol. The highest BCUT2D eigenvalue weighted by Crippen LogP contribution is 2.17. The Morgan fingerprint density at radius 1 is 1.60 bits per heavy atom. The van der Waals surface area contributed by atoms with E-state index >= 15 is 0 Å². The topological polar surface area (TPSA) is 66.6 Å². The average Bonchev–Trinajstić information content (AvgIpc) is 2.26. The molecule has 0 saturated heterocycles. The molecule has 1 aromatic rings. The van der Waals surface area contributed by atoms with Gasteiger partial charge in [0, 0.05) is 13.6 Å². The predicted octanol–water partition coefficient (Wildman–Crippen LogP) is 0.108. The van der Waals surface area contributed by atoms with Crippen LogP contribution in [-0.4, -0.2) is 30.7 Å². The zero-order valence-electron chi connectivity index (χ0n) is 8.35. The Kier molecular flexibility index (Phi) is 3.76. The molecule has 0 aromatic heterocycles. The first kappa shape index (κ1) is 11.6. The number of halogens is 1. The van der Waals surface area contributed by atoms with Crippen molar-refractivity contribution in [3.05, 3.63) is 30.1 Å². The third-order valence-corrected chi connectivity index (χ3v) is 2.05. The summed E-state index contributed by atoms with van der Waals surface area (Å²) in [5, 5.41) is 9.21. The number of para-hydroxylation sites is 1. The van der Waals surface area contributed by atoms with Gasteiger partial charge in [-0.15, -0.1) is 0 Å². The maximum Gasteiger partial charge on any atom is 0.256 e. The molecule has 0 aliphatic carbocycles. The minimum absolute atomic E-state index is 0.120. The van der Waals surface area contributed by atoms with Crippen LogP contribution in [-0.2, 0) is 4.79 Å². The minimum atomic E-state index is -1.30. The van der Waals surface area contributed by atoms with Gasteiger partial charge in [-0.3, -0.25) is 4.79 Å². The van der Waals surface area contributed by atoms with Crippen LogP contribution < -0.4 is 10.6 Å². The fourth-order valence-electron chi connectivity index (χ4n) is 1.17. The Morgan fingerprint density at radius 2 is 2.20 bits per heavy atom. The Morgan fingerprint density at radius 3 is 2.73 bits per heavy atom. The normalized spacial score (nSPS) is 12.3. The van der Waals surface area contributed by atoms with E-state index in [2.05, 4.69) is 0 Å². The molecule has 0 aliphatic rings. The highest BCUT2D eigenvalue weighted by atomic mass is 19.1. The maximum atomic E-state index is 13.3. The van der Waals surface area contributed by atoms with Crippen LogP contribution in [0.15, 0.2) is 24.3 Å². The van der Waals surface area contributed by atoms with E-state index < -0.39 is 17.8 Å². The van der Waals surface area contributed by atoms with Crippen LogP contribution in [0.25, 0.3) is 0 Å². The largest absolute Gasteiger partial charge is 0.382 e. The van der Waals surface area contributed by atoms with Gasteiger partial charge in [-0.1, -0.05) is 12.1 Å². The van der Waals surface area contributed by atoms with E-state index in [4.69, 9.17) is 5.73 Å². The molecule has 15 heavy (non-hydrogen) atoms.